The van der Waals surface area contributed by atoms with Crippen molar-refractivity contribution in [2.24, 2.45) is 28.6 Å². The van der Waals surface area contributed by atoms with Crippen LogP contribution in [0.4, 0.5) is 0 Å². The van der Waals surface area contributed by atoms with Crippen LogP contribution in [0.3, 0.4) is 0 Å². The van der Waals surface area contributed by atoms with Gasteiger partial charge in [0.05, 0.1) is 0 Å². The predicted octanol–water partition coefficient (Wildman–Crippen LogP) is 3.36. The van der Waals surface area contributed by atoms with Crippen LogP contribution >= 0.6 is 0 Å². The first kappa shape index (κ1) is 88.9. The number of hydrogen-bond donors (Lipinski definition) is 1. The molecule has 0 spiro atoms. The standard InChI is InChI=1S/C21H30O3.17W/c1-19-9-5-6-16(19)15-8-7-14-12-21(23-3,24-4)11-10-20(14,2)18(15)17(22)13-19;;;;;;;;;;;;;;;;;/h7-8,12,15-18,22H,5-6,10-11,13H2,1-4H3;;;;;;;;;;;;;;;;;/t15?,16?,17-,18?,19?,20?;;;;;;;;;;;;;;;;;/m1................./s1. The second-order valence-electron chi connectivity index (χ2n) is 8.96. The monoisotopic (exact) mass is 3460 g/mol. The number of aliphatic hydroxyl groups excluding tert-OH is 1. The number of hydrogen-bond acceptors (Lipinski definition) is 3. The molecule has 6 atom stereocenters. The maximum absolute atomic E-state index is 11.3. The third-order valence-corrected chi connectivity index (χ3v) is 10.4. The van der Waals surface area contributed by atoms with Gasteiger partial charge in [0.1, 0.15) is 0 Å². The zero-order chi connectivity index (χ0) is 18.0. The Hall–Kier alpha value is 10.9. The molecule has 5 unspecified atom stereocenters. The van der Waals surface area contributed by atoms with Crippen LogP contribution in [0, 0.1) is 28.6 Å². The maximum atomic E-state index is 11.3. The van der Waals surface area contributed by atoms with Gasteiger partial charge >= 0.3 is 162 Å². The van der Waals surface area contributed by atoms with Gasteiger partial charge in [0.25, 0.3) is 0 Å². The van der Waals surface area contributed by atoms with Gasteiger partial charge in [0, 0.05) is 337 Å². The van der Waals surface area contributed by atoms with Gasteiger partial charge in [-0.1, -0.05) is 0 Å². The van der Waals surface area contributed by atoms with Gasteiger partial charge in [-0.05, 0) is 0 Å². The number of fused-ring (bicyclic) bond motifs is 5. The summed E-state index contributed by atoms with van der Waals surface area (Å²) >= 11 is 1.62. The SMILES string of the molecule is COC1(OC)C=C2C=CC3C4CC[C](=[W])C4(C)C[C@@H](O)C3C2(C)CC1.[W].[W].[W].[W].[W].[W].[W].[W].[W].[W].[W].[W].[W].[W].[W].[W]. The first-order valence-electron chi connectivity index (χ1n) is 9.53. The first-order chi connectivity index (χ1) is 11.8. The van der Waals surface area contributed by atoms with Crippen molar-refractivity contribution in [3.63, 3.8) is 0 Å². The number of methoxy groups -OCH3 is 2. The molecule has 234 valence electrons. The topological polar surface area (TPSA) is 38.7 Å². The van der Waals surface area contributed by atoms with E-state index in [1.54, 1.807) is 37.5 Å². The summed E-state index contributed by atoms with van der Waals surface area (Å²) < 4.78 is 13.1. The van der Waals surface area contributed by atoms with Crippen LogP contribution in [0.1, 0.15) is 46.0 Å². The molecule has 0 saturated heterocycles. The fraction of sp³-hybridized carbons (Fsp3) is 0.762. The Labute approximate surface area is 488 Å². The van der Waals surface area contributed by atoms with E-state index in [0.29, 0.717) is 17.8 Å². The Kier molecular flexibility index (Phi) is 84.9. The maximum Gasteiger partial charge on any atom is 0 e. The molecular weight excluding hydrogens is 3430 g/mol. The van der Waals surface area contributed by atoms with Gasteiger partial charge in [-0.3, -0.25) is 0 Å². The van der Waals surface area contributed by atoms with E-state index < -0.39 is 5.79 Å². The Balaban J connectivity index is -0.0000000445. The Morgan fingerprint density at radius 1 is 0.732 bits per heavy atom. The summed E-state index contributed by atoms with van der Waals surface area (Å²) in [6.07, 6.45) is 12.0. The van der Waals surface area contributed by atoms with Crippen molar-refractivity contribution in [2.45, 2.75) is 57.8 Å². The normalized spacial score (nSPS) is 29.1. The summed E-state index contributed by atoms with van der Waals surface area (Å²) in [5, 5.41) is 11.3. The van der Waals surface area contributed by atoms with Crippen LogP contribution in [0.15, 0.2) is 23.8 Å². The molecule has 41 heavy (non-hydrogen) atoms. The van der Waals surface area contributed by atoms with Crippen LogP contribution in [-0.2, 0) is 366 Å². The number of allylic oxidation sites excluding steroid dienone is 3. The summed E-state index contributed by atoms with van der Waals surface area (Å²) in [4.78, 5) is 0. The molecule has 0 heterocycles. The molecule has 4 aliphatic carbocycles. The molecule has 2 saturated carbocycles. The van der Waals surface area contributed by atoms with Gasteiger partial charge in [-0.25, -0.2) is 0 Å². The van der Waals surface area contributed by atoms with Crippen LogP contribution in [0.25, 0.3) is 0 Å². The molecule has 0 aromatic heterocycles. The van der Waals surface area contributed by atoms with E-state index in [1.165, 1.54) is 18.4 Å². The van der Waals surface area contributed by atoms with Crippen molar-refractivity contribution in [1.29, 1.82) is 0 Å². The van der Waals surface area contributed by atoms with Gasteiger partial charge in [-0.2, -0.15) is 0 Å². The molecule has 20 heteroatoms. The number of ether oxygens (including phenoxy) is 2. The van der Waals surface area contributed by atoms with Crippen LogP contribution in [-0.4, -0.2) is 35.1 Å². The molecule has 1 N–H and O–H groups in total. The van der Waals surface area contributed by atoms with E-state index in [4.69, 9.17) is 9.47 Å². The molecule has 2 fully saturated rings. The Morgan fingerprint density at radius 2 is 1.17 bits per heavy atom. The molecule has 4 aliphatic rings. The van der Waals surface area contributed by atoms with E-state index in [2.05, 4.69) is 32.1 Å². The fourth-order valence-corrected chi connectivity index (χ4v) is 7.69. The van der Waals surface area contributed by atoms with E-state index in [-0.39, 0.29) is 354 Å². The zero-order valence-electron chi connectivity index (χ0n) is 22.3. The Morgan fingerprint density at radius 3 is 1.59 bits per heavy atom. The minimum atomic E-state index is -0.610. The van der Waals surface area contributed by atoms with E-state index >= 15 is 0 Å². The van der Waals surface area contributed by atoms with Crippen molar-refractivity contribution in [2.75, 3.05) is 14.2 Å². The average Bonchev–Trinajstić information content (AvgIpc) is 2.89. The summed E-state index contributed by atoms with van der Waals surface area (Å²) in [5.41, 5.74) is 1.55. The predicted molar refractivity (Wildman–Crippen MR) is 94.8 cm³/mol. The smallest absolute Gasteiger partial charge is 0 e. The minimum absolute atomic E-state index is 0. The van der Waals surface area contributed by atoms with Gasteiger partial charge < -0.3 is 0 Å². The van der Waals surface area contributed by atoms with E-state index in [1.807, 2.05) is 0 Å². The quantitative estimate of drug-likeness (QED) is 0.432. The minimum Gasteiger partial charge on any atom is 0 e. The molecule has 4 rings (SSSR count). The van der Waals surface area contributed by atoms with Crippen LogP contribution < -0.4 is 0 Å². The first-order valence-corrected chi connectivity index (χ1v) is 11.0. The summed E-state index contributed by atoms with van der Waals surface area (Å²) in [5.74, 6) is 0.890. The summed E-state index contributed by atoms with van der Waals surface area (Å²) in [7, 11) is 3.44. The van der Waals surface area contributed by atoms with Crippen LogP contribution in [0.2, 0.25) is 0 Å². The molecule has 0 bridgehead atoms. The molecule has 3 nitrogen and oxygen atoms in total. The number of rotatable bonds is 2. The Bertz CT molecular complexity index is 684. The van der Waals surface area contributed by atoms with Crippen molar-refractivity contribution in [3.05, 3.63) is 23.8 Å². The van der Waals surface area contributed by atoms with E-state index in [9.17, 15) is 5.11 Å². The van der Waals surface area contributed by atoms with Gasteiger partial charge in [0.15, 0.2) is 0 Å². The second-order valence-corrected chi connectivity index (χ2v) is 10.7. The molecule has 0 aromatic rings. The third-order valence-electron chi connectivity index (χ3n) is 8.02. The summed E-state index contributed by atoms with van der Waals surface area (Å²) in [6.45, 7) is 4.77. The molecule has 0 aliphatic heterocycles. The average molecular weight is 3460 g/mol. The van der Waals surface area contributed by atoms with Crippen LogP contribution in [0.5, 0.6) is 0 Å². The molecule has 0 radical (unpaired) electrons. The van der Waals surface area contributed by atoms with Gasteiger partial charge in [0.2, 0.25) is 0 Å². The van der Waals surface area contributed by atoms with Crippen molar-refractivity contribution >= 4 is 3.90 Å². The van der Waals surface area contributed by atoms with E-state index in [0.717, 1.165) is 19.3 Å². The molecule has 0 amide bonds. The fourth-order valence-electron chi connectivity index (χ4n) is 6.42. The molecule has 0 aromatic carbocycles. The number of aliphatic hydroxyl groups is 1. The van der Waals surface area contributed by atoms with Crippen molar-refractivity contribution in [1.82, 2.24) is 0 Å². The largest absolute Gasteiger partial charge is 0 e. The van der Waals surface area contributed by atoms with Crippen molar-refractivity contribution < 1.29 is 371 Å². The van der Waals surface area contributed by atoms with Gasteiger partial charge in [-0.15, -0.1) is 0 Å². The summed E-state index contributed by atoms with van der Waals surface area (Å²) in [6, 6.07) is 0. The molecular formula is C21H30O3W17. The third kappa shape index (κ3) is 19.1. The van der Waals surface area contributed by atoms with Crippen molar-refractivity contribution in [3.8, 4) is 0 Å². The zero-order valence-corrected chi connectivity index (χ0v) is 72.1. The second kappa shape index (κ2) is 39.2.